The highest BCUT2D eigenvalue weighted by Gasteiger charge is 2.48. The highest BCUT2D eigenvalue weighted by atomic mass is 16.5. The molecule has 1 rings (SSSR count). The van der Waals surface area contributed by atoms with Crippen LogP contribution in [-0.4, -0.2) is 18.4 Å². The summed E-state index contributed by atoms with van der Waals surface area (Å²) in [5.74, 6) is -0.294. The summed E-state index contributed by atoms with van der Waals surface area (Å²) in [5, 5.41) is 0. The number of hydrogen-bond acceptors (Lipinski definition) is 3. The molecule has 0 aromatic carbocycles. The maximum atomic E-state index is 11.8. The van der Waals surface area contributed by atoms with E-state index in [1.807, 2.05) is 0 Å². The van der Waals surface area contributed by atoms with Gasteiger partial charge in [-0.2, -0.15) is 0 Å². The van der Waals surface area contributed by atoms with Gasteiger partial charge in [0.1, 0.15) is 11.2 Å². The number of ether oxygens (including phenoxy) is 1. The number of Topliss-reactive ketones (excluding diaryl/α,β-unsaturated/α-hetero) is 1. The third-order valence-electron chi connectivity index (χ3n) is 2.98. The molecule has 1 saturated carbocycles. The Bertz CT molecular complexity index is 270. The summed E-state index contributed by atoms with van der Waals surface area (Å²) in [6, 6.07) is 0. The Morgan fingerprint density at radius 3 is 2.87 bits per heavy atom. The first-order valence-electron chi connectivity index (χ1n) is 5.49. The van der Waals surface area contributed by atoms with Gasteiger partial charge in [-0.3, -0.25) is 9.59 Å². The molecule has 0 N–H and O–H groups in total. The fraction of sp³-hybridized carbons (Fsp3) is 0.667. The number of carbonyl (C=O) groups is 2. The van der Waals surface area contributed by atoms with E-state index < -0.39 is 5.41 Å². The minimum Gasteiger partial charge on any atom is -0.465 e. The second-order valence-electron chi connectivity index (χ2n) is 3.91. The van der Waals surface area contributed by atoms with E-state index in [1.165, 1.54) is 0 Å². The zero-order valence-corrected chi connectivity index (χ0v) is 9.25. The predicted molar refractivity (Wildman–Crippen MR) is 57.4 cm³/mol. The maximum Gasteiger partial charge on any atom is 0.319 e. The van der Waals surface area contributed by atoms with Gasteiger partial charge in [-0.15, -0.1) is 6.58 Å². The Morgan fingerprint density at radius 1 is 1.67 bits per heavy atom. The molecular weight excluding hydrogens is 192 g/mol. The second-order valence-corrected chi connectivity index (χ2v) is 3.91. The molecule has 0 radical (unpaired) electrons. The summed E-state index contributed by atoms with van der Waals surface area (Å²) in [7, 11) is 0. The van der Waals surface area contributed by atoms with E-state index in [2.05, 4.69) is 6.58 Å². The van der Waals surface area contributed by atoms with Crippen LogP contribution in [0.25, 0.3) is 0 Å². The molecule has 0 spiro atoms. The zero-order valence-electron chi connectivity index (χ0n) is 9.25. The van der Waals surface area contributed by atoms with Crippen molar-refractivity contribution in [1.82, 2.24) is 0 Å². The molecule has 0 heterocycles. The van der Waals surface area contributed by atoms with Gasteiger partial charge < -0.3 is 4.74 Å². The van der Waals surface area contributed by atoms with Crippen LogP contribution in [0.3, 0.4) is 0 Å². The van der Waals surface area contributed by atoms with Crippen molar-refractivity contribution in [2.45, 2.75) is 39.0 Å². The molecular formula is C12H18O3. The van der Waals surface area contributed by atoms with E-state index in [0.717, 1.165) is 6.42 Å². The van der Waals surface area contributed by atoms with Gasteiger partial charge >= 0.3 is 5.97 Å². The largest absolute Gasteiger partial charge is 0.465 e. The smallest absolute Gasteiger partial charge is 0.319 e. The molecule has 1 aliphatic rings. The SMILES string of the molecule is C=CCCC1(C(=O)OCC)CCCC1=O. The molecule has 1 fully saturated rings. The molecule has 1 atom stereocenters. The highest BCUT2D eigenvalue weighted by Crippen LogP contribution is 2.40. The standard InChI is InChI=1S/C12H18O3/c1-3-5-8-12(11(14)15-4-2)9-6-7-10(12)13/h3H,1,4-9H2,2H3. The van der Waals surface area contributed by atoms with Crippen molar-refractivity contribution < 1.29 is 14.3 Å². The van der Waals surface area contributed by atoms with Crippen LogP contribution >= 0.6 is 0 Å². The second kappa shape index (κ2) is 5.10. The normalized spacial score (nSPS) is 25.3. The fourth-order valence-electron chi connectivity index (χ4n) is 2.13. The van der Waals surface area contributed by atoms with Crippen LogP contribution in [-0.2, 0) is 14.3 Å². The number of allylic oxidation sites excluding steroid dienone is 1. The number of hydrogen-bond donors (Lipinski definition) is 0. The van der Waals surface area contributed by atoms with Crippen molar-refractivity contribution in [3.05, 3.63) is 12.7 Å². The predicted octanol–water partition coefficient (Wildman–Crippen LogP) is 2.26. The number of esters is 1. The van der Waals surface area contributed by atoms with Gasteiger partial charge in [0.05, 0.1) is 6.61 Å². The van der Waals surface area contributed by atoms with Crippen molar-refractivity contribution in [3.8, 4) is 0 Å². The monoisotopic (exact) mass is 210 g/mol. The summed E-state index contributed by atoms with van der Waals surface area (Å²) in [6.45, 7) is 5.72. The third-order valence-corrected chi connectivity index (χ3v) is 2.98. The van der Waals surface area contributed by atoms with E-state index in [1.54, 1.807) is 13.0 Å². The fourth-order valence-corrected chi connectivity index (χ4v) is 2.13. The maximum absolute atomic E-state index is 11.8. The van der Waals surface area contributed by atoms with E-state index in [4.69, 9.17) is 4.74 Å². The van der Waals surface area contributed by atoms with Gasteiger partial charge in [-0.25, -0.2) is 0 Å². The minimum atomic E-state index is -0.857. The van der Waals surface area contributed by atoms with Gasteiger partial charge in [0.25, 0.3) is 0 Å². The lowest BCUT2D eigenvalue weighted by atomic mass is 9.80. The van der Waals surface area contributed by atoms with Crippen LogP contribution < -0.4 is 0 Å². The van der Waals surface area contributed by atoms with E-state index >= 15 is 0 Å². The lowest BCUT2D eigenvalue weighted by Crippen LogP contribution is -2.36. The number of carbonyl (C=O) groups excluding carboxylic acids is 2. The first kappa shape index (κ1) is 12.0. The van der Waals surface area contributed by atoms with Crippen molar-refractivity contribution in [3.63, 3.8) is 0 Å². The molecule has 0 saturated heterocycles. The third kappa shape index (κ3) is 2.28. The molecule has 0 aromatic heterocycles. The Kier molecular flexibility index (Phi) is 4.06. The van der Waals surface area contributed by atoms with Gasteiger partial charge in [0, 0.05) is 6.42 Å². The summed E-state index contributed by atoms with van der Waals surface area (Å²) in [5.41, 5.74) is -0.857. The topological polar surface area (TPSA) is 43.4 Å². The molecule has 3 nitrogen and oxygen atoms in total. The average molecular weight is 210 g/mol. The molecule has 15 heavy (non-hydrogen) atoms. The van der Waals surface area contributed by atoms with Crippen molar-refractivity contribution in [2.75, 3.05) is 6.61 Å². The molecule has 1 aliphatic carbocycles. The Hall–Kier alpha value is -1.12. The van der Waals surface area contributed by atoms with Gasteiger partial charge in [0.15, 0.2) is 0 Å². The molecule has 0 amide bonds. The molecule has 84 valence electrons. The zero-order chi connectivity index (χ0) is 11.3. The first-order valence-corrected chi connectivity index (χ1v) is 5.49. The number of ketones is 1. The highest BCUT2D eigenvalue weighted by molar-refractivity contribution is 6.05. The molecule has 3 heteroatoms. The molecule has 0 bridgehead atoms. The Labute approximate surface area is 90.5 Å². The van der Waals surface area contributed by atoms with Gasteiger partial charge in [0.2, 0.25) is 0 Å². The Balaban J connectivity index is 2.80. The van der Waals surface area contributed by atoms with Crippen molar-refractivity contribution in [2.24, 2.45) is 5.41 Å². The van der Waals surface area contributed by atoms with Crippen LogP contribution in [0.1, 0.15) is 39.0 Å². The quantitative estimate of drug-likeness (QED) is 0.397. The van der Waals surface area contributed by atoms with Gasteiger partial charge in [-0.05, 0) is 32.6 Å². The summed E-state index contributed by atoms with van der Waals surface area (Å²) in [6.07, 6.45) is 4.93. The van der Waals surface area contributed by atoms with E-state index in [0.29, 0.717) is 32.3 Å². The first-order chi connectivity index (χ1) is 7.17. The molecule has 0 aliphatic heterocycles. The van der Waals surface area contributed by atoms with Gasteiger partial charge in [-0.1, -0.05) is 6.08 Å². The van der Waals surface area contributed by atoms with Crippen LogP contribution in [0, 0.1) is 5.41 Å². The van der Waals surface area contributed by atoms with Crippen LogP contribution in [0.2, 0.25) is 0 Å². The summed E-state index contributed by atoms with van der Waals surface area (Å²) >= 11 is 0. The number of rotatable bonds is 5. The summed E-state index contributed by atoms with van der Waals surface area (Å²) in [4.78, 5) is 23.6. The molecule has 1 unspecified atom stereocenters. The Morgan fingerprint density at radius 2 is 2.40 bits per heavy atom. The van der Waals surface area contributed by atoms with Crippen LogP contribution in [0.4, 0.5) is 0 Å². The molecule has 0 aromatic rings. The van der Waals surface area contributed by atoms with Crippen LogP contribution in [0.15, 0.2) is 12.7 Å². The lowest BCUT2D eigenvalue weighted by Gasteiger charge is -2.24. The summed E-state index contributed by atoms with van der Waals surface area (Å²) < 4.78 is 5.00. The van der Waals surface area contributed by atoms with Crippen LogP contribution in [0.5, 0.6) is 0 Å². The van der Waals surface area contributed by atoms with Crippen molar-refractivity contribution in [1.29, 1.82) is 0 Å². The van der Waals surface area contributed by atoms with Crippen molar-refractivity contribution >= 4 is 11.8 Å². The lowest BCUT2D eigenvalue weighted by molar-refractivity contribution is -0.159. The van der Waals surface area contributed by atoms with E-state index in [9.17, 15) is 9.59 Å². The minimum absolute atomic E-state index is 0.0443. The average Bonchev–Trinajstić information content (AvgIpc) is 2.58. The van der Waals surface area contributed by atoms with E-state index in [-0.39, 0.29) is 11.8 Å².